The lowest BCUT2D eigenvalue weighted by Crippen LogP contribution is -2.39. The van der Waals surface area contributed by atoms with E-state index in [-0.39, 0.29) is 6.54 Å². The average Bonchev–Trinajstić information content (AvgIpc) is 1.89. The summed E-state index contributed by atoms with van der Waals surface area (Å²) in [4.78, 5) is 0. The monoisotopic (exact) mass is 129 g/mol. The molecule has 0 aromatic carbocycles. The quantitative estimate of drug-likeness (QED) is 0.406. The third-order valence-electron chi connectivity index (χ3n) is 0.957. The van der Waals surface area contributed by atoms with Gasteiger partial charge in [0.1, 0.15) is 0 Å². The second-order valence-corrected chi connectivity index (χ2v) is 1.77. The minimum Gasteiger partial charge on any atom is -0.392 e. The van der Waals surface area contributed by atoms with Crippen molar-refractivity contribution in [1.82, 2.24) is 0 Å². The lowest BCUT2D eigenvalue weighted by molar-refractivity contribution is 0.0433. The van der Waals surface area contributed by atoms with Crippen molar-refractivity contribution in [3.05, 3.63) is 0 Å². The first-order valence-corrected chi connectivity index (χ1v) is 2.66. The summed E-state index contributed by atoms with van der Waals surface area (Å²) in [6.07, 6.45) is 0. The van der Waals surface area contributed by atoms with E-state index in [1.165, 1.54) is 0 Å². The van der Waals surface area contributed by atoms with Crippen LogP contribution in [0, 0.1) is 11.8 Å². The highest BCUT2D eigenvalue weighted by Crippen LogP contribution is 1.96. The maximum Gasteiger partial charge on any atom is 0.160 e. The molecule has 1 atom stereocenters. The highest BCUT2D eigenvalue weighted by Gasteiger charge is 2.19. The molecule has 4 N–H and O–H groups in total. The van der Waals surface area contributed by atoms with Crippen molar-refractivity contribution < 1.29 is 10.2 Å². The lowest BCUT2D eigenvalue weighted by atomic mass is 10.1. The summed E-state index contributed by atoms with van der Waals surface area (Å²) in [6, 6.07) is 0. The first kappa shape index (κ1) is 8.44. The van der Waals surface area contributed by atoms with Gasteiger partial charge in [-0.2, -0.15) is 0 Å². The molecule has 0 spiro atoms. The molecule has 0 aromatic rings. The fraction of sp³-hybridized carbons (Fsp3) is 0.667. The first-order chi connectivity index (χ1) is 4.18. The molecule has 1 unspecified atom stereocenters. The van der Waals surface area contributed by atoms with Crippen molar-refractivity contribution in [1.29, 1.82) is 0 Å². The Bertz CT molecular complexity index is 130. The Morgan fingerprint density at radius 3 is 2.33 bits per heavy atom. The van der Waals surface area contributed by atoms with Crippen molar-refractivity contribution in [2.45, 2.75) is 12.5 Å². The number of hydrogen-bond donors (Lipinski definition) is 3. The summed E-state index contributed by atoms with van der Waals surface area (Å²) in [7, 11) is 0. The van der Waals surface area contributed by atoms with Crippen molar-refractivity contribution in [2.24, 2.45) is 5.73 Å². The van der Waals surface area contributed by atoms with Gasteiger partial charge in [-0.3, -0.25) is 0 Å². The van der Waals surface area contributed by atoms with Crippen LogP contribution >= 0.6 is 0 Å². The summed E-state index contributed by atoms with van der Waals surface area (Å²) in [5, 5.41) is 17.6. The molecule has 0 saturated carbocycles. The van der Waals surface area contributed by atoms with Gasteiger partial charge in [-0.15, -0.1) is 5.92 Å². The van der Waals surface area contributed by atoms with Gasteiger partial charge in [-0.05, 0) is 6.92 Å². The summed E-state index contributed by atoms with van der Waals surface area (Å²) < 4.78 is 0. The number of hydrogen-bond acceptors (Lipinski definition) is 3. The summed E-state index contributed by atoms with van der Waals surface area (Å²) in [5.74, 6) is 4.86. The molecule has 0 aliphatic rings. The van der Waals surface area contributed by atoms with Gasteiger partial charge in [0, 0.05) is 6.54 Å². The molecule has 0 amide bonds. The normalized spacial score (nSPS) is 15.6. The van der Waals surface area contributed by atoms with E-state index in [2.05, 4.69) is 11.8 Å². The molecule has 3 heteroatoms. The van der Waals surface area contributed by atoms with E-state index in [4.69, 9.17) is 15.9 Å². The third kappa shape index (κ3) is 2.47. The van der Waals surface area contributed by atoms with E-state index in [1.807, 2.05) is 0 Å². The van der Waals surface area contributed by atoms with Gasteiger partial charge in [0.05, 0.1) is 6.61 Å². The molecule has 52 valence electrons. The number of aliphatic hydroxyl groups excluding tert-OH is 1. The van der Waals surface area contributed by atoms with Gasteiger partial charge >= 0.3 is 0 Å². The minimum absolute atomic E-state index is 0.0374. The molecular weight excluding hydrogens is 118 g/mol. The van der Waals surface area contributed by atoms with Crippen LogP contribution in [0.1, 0.15) is 6.92 Å². The van der Waals surface area contributed by atoms with Crippen LogP contribution in [0.2, 0.25) is 0 Å². The van der Waals surface area contributed by atoms with Gasteiger partial charge < -0.3 is 15.9 Å². The van der Waals surface area contributed by atoms with Gasteiger partial charge in [0.2, 0.25) is 0 Å². The largest absolute Gasteiger partial charge is 0.392 e. The van der Waals surface area contributed by atoms with E-state index >= 15 is 0 Å². The van der Waals surface area contributed by atoms with Crippen LogP contribution in [-0.2, 0) is 0 Å². The van der Waals surface area contributed by atoms with Gasteiger partial charge in [0.25, 0.3) is 0 Å². The van der Waals surface area contributed by atoms with Crippen LogP contribution in [0.4, 0.5) is 0 Å². The van der Waals surface area contributed by atoms with E-state index in [0.29, 0.717) is 0 Å². The zero-order valence-electron chi connectivity index (χ0n) is 5.39. The highest BCUT2D eigenvalue weighted by molar-refractivity contribution is 5.12. The molecule has 3 nitrogen and oxygen atoms in total. The predicted molar refractivity (Wildman–Crippen MR) is 34.5 cm³/mol. The minimum atomic E-state index is -1.39. The molecule has 0 aromatic heterocycles. The second-order valence-electron chi connectivity index (χ2n) is 1.77. The Morgan fingerprint density at radius 2 is 2.22 bits per heavy atom. The Hall–Kier alpha value is -0.560. The van der Waals surface area contributed by atoms with Crippen molar-refractivity contribution in [3.63, 3.8) is 0 Å². The maximum absolute atomic E-state index is 9.08. The number of nitrogens with two attached hydrogens (primary N) is 1. The van der Waals surface area contributed by atoms with Crippen LogP contribution in [0.25, 0.3) is 0 Å². The third-order valence-corrected chi connectivity index (χ3v) is 0.957. The Labute approximate surface area is 54.5 Å². The number of rotatable bonds is 2. The zero-order chi connectivity index (χ0) is 7.33. The van der Waals surface area contributed by atoms with Crippen LogP contribution in [0.5, 0.6) is 0 Å². The van der Waals surface area contributed by atoms with Crippen LogP contribution < -0.4 is 5.73 Å². The van der Waals surface area contributed by atoms with Gasteiger partial charge in [-0.25, -0.2) is 0 Å². The van der Waals surface area contributed by atoms with Gasteiger partial charge in [-0.1, -0.05) is 5.92 Å². The van der Waals surface area contributed by atoms with Crippen LogP contribution in [0.3, 0.4) is 0 Å². The Morgan fingerprint density at radius 1 is 1.67 bits per heavy atom. The Balaban J connectivity index is 4.03. The smallest absolute Gasteiger partial charge is 0.160 e. The SMILES string of the molecule is CC#CC(O)(CN)CO. The van der Waals surface area contributed by atoms with E-state index < -0.39 is 12.2 Å². The van der Waals surface area contributed by atoms with Crippen molar-refractivity contribution in [2.75, 3.05) is 13.2 Å². The number of aliphatic hydroxyl groups is 2. The van der Waals surface area contributed by atoms with Crippen molar-refractivity contribution in [3.8, 4) is 11.8 Å². The standard InChI is InChI=1S/C6H11NO2/c1-2-3-6(9,4-7)5-8/h8-9H,4-5,7H2,1H3. The topological polar surface area (TPSA) is 66.5 Å². The van der Waals surface area contributed by atoms with Gasteiger partial charge in [0.15, 0.2) is 5.60 Å². The molecule has 0 fully saturated rings. The Kier molecular flexibility index (Phi) is 3.25. The van der Waals surface area contributed by atoms with E-state index in [0.717, 1.165) is 0 Å². The molecular formula is C6H11NO2. The van der Waals surface area contributed by atoms with Crippen LogP contribution in [0.15, 0.2) is 0 Å². The molecule has 0 saturated heterocycles. The summed E-state index contributed by atoms with van der Waals surface area (Å²) in [6.45, 7) is 1.13. The lowest BCUT2D eigenvalue weighted by Gasteiger charge is -2.15. The second kappa shape index (κ2) is 3.46. The molecule has 0 aliphatic carbocycles. The molecule has 0 bridgehead atoms. The average molecular weight is 129 g/mol. The molecule has 0 aliphatic heterocycles. The molecule has 0 radical (unpaired) electrons. The fourth-order valence-corrected chi connectivity index (χ4v) is 0.388. The summed E-state index contributed by atoms with van der Waals surface area (Å²) >= 11 is 0. The zero-order valence-corrected chi connectivity index (χ0v) is 5.39. The maximum atomic E-state index is 9.08. The molecule has 0 rings (SSSR count). The van der Waals surface area contributed by atoms with Crippen LogP contribution in [-0.4, -0.2) is 29.0 Å². The molecule has 9 heavy (non-hydrogen) atoms. The highest BCUT2D eigenvalue weighted by atomic mass is 16.3. The van der Waals surface area contributed by atoms with E-state index in [9.17, 15) is 0 Å². The van der Waals surface area contributed by atoms with E-state index in [1.54, 1.807) is 6.92 Å². The predicted octanol–water partition coefficient (Wildman–Crippen LogP) is -1.31. The van der Waals surface area contributed by atoms with Crippen molar-refractivity contribution >= 4 is 0 Å². The first-order valence-electron chi connectivity index (χ1n) is 2.66. The summed E-state index contributed by atoms with van der Waals surface area (Å²) in [5.41, 5.74) is 3.70. The molecule has 0 heterocycles. The fourth-order valence-electron chi connectivity index (χ4n) is 0.388.